The topological polar surface area (TPSA) is 24.9 Å². The van der Waals surface area contributed by atoms with Gasteiger partial charge in [-0.25, -0.2) is 0 Å². The molecule has 0 radical (unpaired) electrons. The summed E-state index contributed by atoms with van der Waals surface area (Å²) in [5, 5.41) is 2.08. The Labute approximate surface area is 150 Å². The quantitative estimate of drug-likeness (QED) is 0.817. The van der Waals surface area contributed by atoms with Gasteiger partial charge in [-0.05, 0) is 50.6 Å². The molecule has 1 fully saturated rings. The predicted molar refractivity (Wildman–Crippen MR) is 102 cm³/mol. The number of rotatable bonds is 5. The van der Waals surface area contributed by atoms with Gasteiger partial charge in [-0.3, -0.25) is 4.84 Å². The van der Waals surface area contributed by atoms with Gasteiger partial charge in [0.05, 0.1) is 5.60 Å². The third-order valence-electron chi connectivity index (χ3n) is 4.09. The third kappa shape index (κ3) is 5.48. The predicted octanol–water partition coefficient (Wildman–Crippen LogP) is 4.12. The zero-order valence-electron chi connectivity index (χ0n) is 15.4. The lowest BCUT2D eigenvalue weighted by atomic mass is 10.2. The van der Waals surface area contributed by atoms with Gasteiger partial charge < -0.3 is 9.64 Å². The lowest BCUT2D eigenvalue weighted by Gasteiger charge is -2.38. The average molecular weight is 340 g/mol. The molecule has 2 aromatic rings. The van der Waals surface area contributed by atoms with Crippen molar-refractivity contribution in [3.8, 4) is 5.75 Å². The van der Waals surface area contributed by atoms with Crippen LogP contribution in [0.4, 0.5) is 5.69 Å². The van der Waals surface area contributed by atoms with E-state index in [1.165, 1.54) is 11.3 Å². The molecule has 0 aromatic heterocycles. The molecular formula is C21H28N2O2. The number of hydroxylamine groups is 2. The minimum Gasteiger partial charge on any atom is -0.489 e. The first-order valence-corrected chi connectivity index (χ1v) is 8.95. The Balaban J connectivity index is 1.49. The maximum atomic E-state index is 5.94. The van der Waals surface area contributed by atoms with Crippen LogP contribution in [-0.4, -0.2) is 36.8 Å². The summed E-state index contributed by atoms with van der Waals surface area (Å²) in [5.74, 6) is 0.905. The monoisotopic (exact) mass is 340 g/mol. The van der Waals surface area contributed by atoms with Crippen molar-refractivity contribution in [2.45, 2.75) is 33.0 Å². The van der Waals surface area contributed by atoms with E-state index < -0.39 is 0 Å². The van der Waals surface area contributed by atoms with Gasteiger partial charge in [0.15, 0.2) is 0 Å². The molecule has 25 heavy (non-hydrogen) atoms. The summed E-state index contributed by atoms with van der Waals surface area (Å²) < 4.78 is 5.86. The highest BCUT2D eigenvalue weighted by Gasteiger charge is 2.22. The van der Waals surface area contributed by atoms with Crippen molar-refractivity contribution in [2.75, 3.05) is 31.1 Å². The molecule has 0 N–H and O–H groups in total. The lowest BCUT2D eigenvalue weighted by molar-refractivity contribution is -0.230. The summed E-state index contributed by atoms with van der Waals surface area (Å²) in [6, 6.07) is 18.6. The molecule has 3 rings (SSSR count). The Morgan fingerprint density at radius 3 is 2.08 bits per heavy atom. The molecule has 4 nitrogen and oxygen atoms in total. The van der Waals surface area contributed by atoms with Crippen LogP contribution >= 0.6 is 0 Å². The summed E-state index contributed by atoms with van der Waals surface area (Å²) in [5.41, 5.74) is 2.30. The van der Waals surface area contributed by atoms with E-state index in [2.05, 4.69) is 67.1 Å². The summed E-state index contributed by atoms with van der Waals surface area (Å²) in [7, 11) is 0. The van der Waals surface area contributed by atoms with Crippen LogP contribution in [0.3, 0.4) is 0 Å². The molecule has 0 unspecified atom stereocenters. The smallest absolute Gasteiger partial charge is 0.119 e. The number of hydrogen-bond acceptors (Lipinski definition) is 4. The molecule has 0 spiro atoms. The zero-order chi connectivity index (χ0) is 17.7. The first-order valence-electron chi connectivity index (χ1n) is 8.95. The van der Waals surface area contributed by atoms with Crippen LogP contribution in [0.25, 0.3) is 0 Å². The van der Waals surface area contributed by atoms with Crippen molar-refractivity contribution in [3.63, 3.8) is 0 Å². The fourth-order valence-corrected chi connectivity index (χ4v) is 2.92. The summed E-state index contributed by atoms with van der Waals surface area (Å²) in [6.45, 7) is 10.7. The molecular weight excluding hydrogens is 312 g/mol. The average Bonchev–Trinajstić information content (AvgIpc) is 2.61. The van der Waals surface area contributed by atoms with Gasteiger partial charge >= 0.3 is 0 Å². The summed E-state index contributed by atoms with van der Waals surface area (Å²) in [6.07, 6.45) is 0. The fraction of sp³-hybridized carbons (Fsp3) is 0.429. The standard InChI is InChI=1S/C21H28N2O2/c1-21(2,3)25-23-15-13-22(14-16-23)19-9-11-20(12-10-19)24-17-18-7-5-4-6-8-18/h4-12H,13-17H2,1-3H3. The SMILES string of the molecule is CC(C)(C)ON1CCN(c2ccc(OCc3ccccc3)cc2)CC1. The molecule has 0 aliphatic carbocycles. The number of hydrogen-bond donors (Lipinski definition) is 0. The van der Waals surface area contributed by atoms with Crippen LogP contribution in [0.1, 0.15) is 26.3 Å². The van der Waals surface area contributed by atoms with Gasteiger partial charge in [-0.1, -0.05) is 30.3 Å². The van der Waals surface area contributed by atoms with E-state index in [9.17, 15) is 0 Å². The highest BCUT2D eigenvalue weighted by Crippen LogP contribution is 2.22. The third-order valence-corrected chi connectivity index (χ3v) is 4.09. The molecule has 2 aromatic carbocycles. The maximum Gasteiger partial charge on any atom is 0.119 e. The van der Waals surface area contributed by atoms with E-state index in [-0.39, 0.29) is 5.60 Å². The van der Waals surface area contributed by atoms with Crippen molar-refractivity contribution in [2.24, 2.45) is 0 Å². The molecule has 134 valence electrons. The van der Waals surface area contributed by atoms with E-state index >= 15 is 0 Å². The Morgan fingerprint density at radius 1 is 0.840 bits per heavy atom. The van der Waals surface area contributed by atoms with Crippen LogP contribution in [-0.2, 0) is 11.4 Å². The van der Waals surface area contributed by atoms with Crippen LogP contribution in [0.15, 0.2) is 54.6 Å². The molecule has 1 aliphatic rings. The number of ether oxygens (including phenoxy) is 1. The minimum atomic E-state index is -0.125. The van der Waals surface area contributed by atoms with Crippen molar-refractivity contribution < 1.29 is 9.57 Å². The second-order valence-corrected chi connectivity index (χ2v) is 7.39. The lowest BCUT2D eigenvalue weighted by Crippen LogP contribution is -2.48. The fourth-order valence-electron chi connectivity index (χ4n) is 2.92. The molecule has 4 heteroatoms. The van der Waals surface area contributed by atoms with Crippen molar-refractivity contribution in [1.82, 2.24) is 5.06 Å². The molecule has 0 atom stereocenters. The number of nitrogens with zero attached hydrogens (tertiary/aromatic N) is 2. The Hall–Kier alpha value is -2.04. The first-order chi connectivity index (χ1) is 12.0. The second-order valence-electron chi connectivity index (χ2n) is 7.39. The van der Waals surface area contributed by atoms with Crippen molar-refractivity contribution in [3.05, 3.63) is 60.2 Å². The number of piperazine rings is 1. The van der Waals surface area contributed by atoms with Crippen LogP contribution in [0, 0.1) is 0 Å². The van der Waals surface area contributed by atoms with E-state index in [1.807, 2.05) is 18.2 Å². The Bertz CT molecular complexity index is 642. The molecule has 1 heterocycles. The van der Waals surface area contributed by atoms with E-state index in [1.54, 1.807) is 0 Å². The van der Waals surface area contributed by atoms with Gasteiger partial charge in [-0.2, -0.15) is 5.06 Å². The Kier molecular flexibility index (Phi) is 5.61. The highest BCUT2D eigenvalue weighted by atomic mass is 16.7. The van der Waals surface area contributed by atoms with Gasteiger partial charge in [0.2, 0.25) is 0 Å². The van der Waals surface area contributed by atoms with Crippen molar-refractivity contribution >= 4 is 5.69 Å². The van der Waals surface area contributed by atoms with Crippen LogP contribution in [0.5, 0.6) is 5.75 Å². The first kappa shape index (κ1) is 17.8. The van der Waals surface area contributed by atoms with Gasteiger partial charge in [0, 0.05) is 31.9 Å². The molecule has 0 saturated carbocycles. The van der Waals surface area contributed by atoms with Gasteiger partial charge in [0.25, 0.3) is 0 Å². The van der Waals surface area contributed by atoms with Crippen molar-refractivity contribution in [1.29, 1.82) is 0 Å². The van der Waals surface area contributed by atoms with Gasteiger partial charge in [-0.15, -0.1) is 0 Å². The molecule has 1 aliphatic heterocycles. The normalized spacial score (nSPS) is 16.0. The van der Waals surface area contributed by atoms with E-state index in [0.717, 1.165) is 31.9 Å². The van der Waals surface area contributed by atoms with E-state index in [0.29, 0.717) is 6.61 Å². The summed E-state index contributed by atoms with van der Waals surface area (Å²) >= 11 is 0. The largest absolute Gasteiger partial charge is 0.489 e. The minimum absolute atomic E-state index is 0.125. The van der Waals surface area contributed by atoms with E-state index in [4.69, 9.17) is 9.57 Å². The molecule has 0 amide bonds. The maximum absolute atomic E-state index is 5.94. The van der Waals surface area contributed by atoms with Crippen LogP contribution < -0.4 is 9.64 Å². The van der Waals surface area contributed by atoms with Crippen LogP contribution in [0.2, 0.25) is 0 Å². The number of anilines is 1. The zero-order valence-corrected chi connectivity index (χ0v) is 15.4. The second kappa shape index (κ2) is 7.89. The highest BCUT2D eigenvalue weighted by molar-refractivity contribution is 5.49. The van der Waals surface area contributed by atoms with Gasteiger partial charge in [0.1, 0.15) is 12.4 Å². The Morgan fingerprint density at radius 2 is 1.48 bits per heavy atom. The molecule has 0 bridgehead atoms. The molecule has 1 saturated heterocycles. The summed E-state index contributed by atoms with van der Waals surface area (Å²) in [4.78, 5) is 8.33. The number of benzene rings is 2.